The maximum absolute atomic E-state index is 11.3. The second kappa shape index (κ2) is 6.49. The van der Waals surface area contributed by atoms with E-state index >= 15 is 0 Å². The summed E-state index contributed by atoms with van der Waals surface area (Å²) in [6.45, 7) is 19.9. The molecule has 0 fully saturated rings. The lowest BCUT2D eigenvalue weighted by Gasteiger charge is -2.47. The first-order valence-corrected chi connectivity index (χ1v) is 10.7. The van der Waals surface area contributed by atoms with Crippen molar-refractivity contribution in [3.63, 3.8) is 0 Å². The average molecular weight is 334 g/mol. The maximum Gasteiger partial charge on any atom is 0.404 e. The predicted octanol–water partition coefficient (Wildman–Crippen LogP) is 3.66. The molecule has 0 radical (unpaired) electrons. The Bertz CT molecular complexity index is 388. The van der Waals surface area contributed by atoms with E-state index in [1.165, 1.54) is 0 Å². The SMILES string of the molecule is CC(C)(O)C(OC(N)=O)[C@H](O[Si](C)(C)C(C)(C)C)C(C)(C)C. The Morgan fingerprint density at radius 2 is 1.41 bits per heavy atom. The lowest BCUT2D eigenvalue weighted by molar-refractivity contribution is -0.130. The standard InChI is InChI=1S/C16H35NO4Si/c1-14(2,3)11(21-22(9,10)15(4,5)6)12(16(7,8)19)20-13(17)18/h11-12,19H,1-10H3,(H2,17,18)/t11-,12?/m0/s1. The van der Waals surface area contributed by atoms with Crippen LogP contribution in [0.4, 0.5) is 4.79 Å². The molecule has 22 heavy (non-hydrogen) atoms. The molecule has 0 rings (SSSR count). The van der Waals surface area contributed by atoms with Crippen molar-refractivity contribution in [1.82, 2.24) is 0 Å². The molecule has 0 spiro atoms. The summed E-state index contributed by atoms with van der Waals surface area (Å²) in [5, 5.41) is 10.5. The molecule has 0 aliphatic heterocycles. The fourth-order valence-electron chi connectivity index (χ4n) is 1.89. The lowest BCUT2D eigenvalue weighted by Crippen LogP contribution is -2.58. The largest absolute Gasteiger partial charge is 0.441 e. The van der Waals surface area contributed by atoms with Gasteiger partial charge in [-0.2, -0.15) is 0 Å². The van der Waals surface area contributed by atoms with Crippen molar-refractivity contribution >= 4 is 14.4 Å². The molecule has 3 N–H and O–H groups in total. The van der Waals surface area contributed by atoms with E-state index in [4.69, 9.17) is 14.9 Å². The van der Waals surface area contributed by atoms with Gasteiger partial charge in [0.2, 0.25) is 0 Å². The molecule has 0 heterocycles. The van der Waals surface area contributed by atoms with E-state index < -0.39 is 32.2 Å². The zero-order valence-corrected chi connectivity index (χ0v) is 16.9. The van der Waals surface area contributed by atoms with Gasteiger partial charge in [0.1, 0.15) is 0 Å². The van der Waals surface area contributed by atoms with Gasteiger partial charge in [0.25, 0.3) is 0 Å². The van der Waals surface area contributed by atoms with Gasteiger partial charge in [-0.25, -0.2) is 4.79 Å². The Hall–Kier alpha value is -0.593. The molecule has 0 aromatic rings. The van der Waals surface area contributed by atoms with Gasteiger partial charge in [-0.1, -0.05) is 41.5 Å². The van der Waals surface area contributed by atoms with Crippen molar-refractivity contribution in [3.8, 4) is 0 Å². The van der Waals surface area contributed by atoms with Crippen molar-refractivity contribution in [2.75, 3.05) is 0 Å². The van der Waals surface area contributed by atoms with Crippen molar-refractivity contribution in [2.45, 2.75) is 91.3 Å². The number of aliphatic hydroxyl groups is 1. The van der Waals surface area contributed by atoms with Gasteiger partial charge in [0.05, 0.1) is 11.7 Å². The van der Waals surface area contributed by atoms with Gasteiger partial charge < -0.3 is 20.0 Å². The van der Waals surface area contributed by atoms with Crippen molar-refractivity contribution in [1.29, 1.82) is 0 Å². The summed E-state index contributed by atoms with van der Waals surface area (Å²) >= 11 is 0. The minimum absolute atomic E-state index is 0.00731. The maximum atomic E-state index is 11.3. The Morgan fingerprint density at radius 3 is 1.64 bits per heavy atom. The third kappa shape index (κ3) is 5.89. The lowest BCUT2D eigenvalue weighted by atomic mass is 9.80. The van der Waals surface area contributed by atoms with Crippen LogP contribution in [0.2, 0.25) is 18.1 Å². The number of rotatable bonds is 5. The van der Waals surface area contributed by atoms with Crippen LogP contribution in [0.3, 0.4) is 0 Å². The summed E-state index contributed by atoms with van der Waals surface area (Å²) < 4.78 is 11.8. The Labute approximate surface area is 136 Å². The molecule has 1 amide bonds. The first-order valence-electron chi connectivity index (χ1n) is 7.76. The monoisotopic (exact) mass is 333 g/mol. The number of amides is 1. The van der Waals surface area contributed by atoms with E-state index in [-0.39, 0.29) is 10.5 Å². The topological polar surface area (TPSA) is 81.8 Å². The minimum atomic E-state index is -2.11. The van der Waals surface area contributed by atoms with E-state index in [0.717, 1.165) is 0 Å². The van der Waals surface area contributed by atoms with Crippen molar-refractivity contribution in [3.05, 3.63) is 0 Å². The summed E-state index contributed by atoms with van der Waals surface area (Å²) in [5.41, 5.74) is 3.63. The van der Waals surface area contributed by atoms with Crippen LogP contribution >= 0.6 is 0 Å². The van der Waals surface area contributed by atoms with Gasteiger partial charge in [-0.3, -0.25) is 0 Å². The van der Waals surface area contributed by atoms with Crippen LogP contribution < -0.4 is 5.73 Å². The smallest absolute Gasteiger partial charge is 0.404 e. The van der Waals surface area contributed by atoms with Gasteiger partial charge in [-0.05, 0) is 37.4 Å². The van der Waals surface area contributed by atoms with Crippen LogP contribution in [-0.4, -0.2) is 37.3 Å². The quantitative estimate of drug-likeness (QED) is 0.752. The summed E-state index contributed by atoms with van der Waals surface area (Å²) in [6, 6.07) is 0. The summed E-state index contributed by atoms with van der Waals surface area (Å²) in [7, 11) is -2.11. The van der Waals surface area contributed by atoms with Gasteiger partial charge in [-0.15, -0.1) is 0 Å². The summed E-state index contributed by atoms with van der Waals surface area (Å²) in [5.74, 6) is 0. The third-order valence-corrected chi connectivity index (χ3v) is 8.75. The number of ether oxygens (including phenoxy) is 1. The second-order valence-corrected chi connectivity index (χ2v) is 13.9. The van der Waals surface area contributed by atoms with Crippen molar-refractivity contribution in [2.24, 2.45) is 11.1 Å². The number of carbonyl (C=O) groups excluding carboxylic acids is 1. The zero-order valence-electron chi connectivity index (χ0n) is 15.9. The van der Waals surface area contributed by atoms with E-state index in [1.54, 1.807) is 13.8 Å². The molecule has 0 bridgehead atoms. The highest BCUT2D eigenvalue weighted by Crippen LogP contribution is 2.42. The molecule has 0 aromatic carbocycles. The Balaban J connectivity index is 5.76. The highest BCUT2D eigenvalue weighted by Gasteiger charge is 2.49. The fourth-order valence-corrected chi connectivity index (χ4v) is 3.35. The molecular formula is C16H35NO4Si. The van der Waals surface area contributed by atoms with Gasteiger partial charge >= 0.3 is 6.09 Å². The number of hydrogen-bond donors (Lipinski definition) is 2. The third-order valence-electron chi connectivity index (χ3n) is 4.30. The van der Waals surface area contributed by atoms with Crippen LogP contribution in [0.1, 0.15) is 55.4 Å². The van der Waals surface area contributed by atoms with Crippen LogP contribution in [0.25, 0.3) is 0 Å². The number of hydrogen-bond acceptors (Lipinski definition) is 4. The Morgan fingerprint density at radius 1 is 1.00 bits per heavy atom. The minimum Gasteiger partial charge on any atom is -0.441 e. The molecule has 0 aliphatic rings. The van der Waals surface area contributed by atoms with E-state index in [1.807, 2.05) is 20.8 Å². The molecule has 2 atom stereocenters. The van der Waals surface area contributed by atoms with Crippen LogP contribution in [0, 0.1) is 5.41 Å². The molecule has 5 nitrogen and oxygen atoms in total. The molecular weight excluding hydrogens is 298 g/mol. The van der Waals surface area contributed by atoms with E-state index in [9.17, 15) is 9.90 Å². The van der Waals surface area contributed by atoms with Gasteiger partial charge in [0.15, 0.2) is 14.4 Å². The van der Waals surface area contributed by atoms with Crippen LogP contribution in [0.15, 0.2) is 0 Å². The van der Waals surface area contributed by atoms with Crippen LogP contribution in [0.5, 0.6) is 0 Å². The van der Waals surface area contributed by atoms with E-state index in [0.29, 0.717) is 0 Å². The normalized spacial score (nSPS) is 17.0. The number of primary amides is 1. The molecule has 0 aliphatic carbocycles. The molecule has 0 saturated carbocycles. The Kier molecular flexibility index (Phi) is 6.32. The fraction of sp³-hybridized carbons (Fsp3) is 0.938. The number of carbonyl (C=O) groups is 1. The molecule has 1 unspecified atom stereocenters. The zero-order chi connectivity index (χ0) is 18.1. The van der Waals surface area contributed by atoms with Gasteiger partial charge in [0, 0.05) is 0 Å². The predicted molar refractivity (Wildman–Crippen MR) is 92.3 cm³/mol. The molecule has 0 saturated heterocycles. The molecule has 6 heteroatoms. The first-order chi connectivity index (χ1) is 9.39. The highest BCUT2D eigenvalue weighted by molar-refractivity contribution is 6.74. The number of nitrogens with two attached hydrogens (primary N) is 1. The highest BCUT2D eigenvalue weighted by atomic mass is 28.4. The van der Waals surface area contributed by atoms with Crippen molar-refractivity contribution < 1.29 is 19.1 Å². The molecule has 132 valence electrons. The molecule has 0 aromatic heterocycles. The van der Waals surface area contributed by atoms with E-state index in [2.05, 4.69) is 33.9 Å². The summed E-state index contributed by atoms with van der Waals surface area (Å²) in [6.07, 6.45) is -2.19. The summed E-state index contributed by atoms with van der Waals surface area (Å²) in [4.78, 5) is 11.3. The first kappa shape index (κ1) is 21.4. The average Bonchev–Trinajstić information content (AvgIpc) is 2.17. The second-order valence-electron chi connectivity index (χ2n) is 9.18. The van der Waals surface area contributed by atoms with Crippen LogP contribution in [-0.2, 0) is 9.16 Å².